The van der Waals surface area contributed by atoms with Gasteiger partial charge in [0.25, 0.3) is 0 Å². The highest BCUT2D eigenvalue weighted by molar-refractivity contribution is 6.30. The van der Waals surface area contributed by atoms with Gasteiger partial charge in [-0.2, -0.15) is 4.98 Å². The molecule has 4 rings (SSSR count). The Labute approximate surface area is 192 Å². The first-order valence-electron chi connectivity index (χ1n) is 10.6. The van der Waals surface area contributed by atoms with E-state index in [1.807, 2.05) is 35.6 Å². The van der Waals surface area contributed by atoms with Crippen molar-refractivity contribution in [2.45, 2.75) is 38.1 Å². The summed E-state index contributed by atoms with van der Waals surface area (Å²) in [6, 6.07) is 8.50. The van der Waals surface area contributed by atoms with Crippen LogP contribution in [-0.4, -0.2) is 55.2 Å². The molecule has 3 aromatic rings. The van der Waals surface area contributed by atoms with Gasteiger partial charge in [-0.3, -0.25) is 5.32 Å². The average Bonchev–Trinajstić information content (AvgIpc) is 3.33. The second-order valence-electron chi connectivity index (χ2n) is 8.21. The Hall–Kier alpha value is -2.49. The molecule has 1 aliphatic rings. The molecule has 0 amide bonds. The highest BCUT2D eigenvalue weighted by Crippen LogP contribution is 2.38. The van der Waals surface area contributed by atoms with E-state index in [-0.39, 0.29) is 18.8 Å². The molecule has 2 aromatic heterocycles. The third kappa shape index (κ3) is 4.37. The van der Waals surface area contributed by atoms with Gasteiger partial charge in [-0.1, -0.05) is 30.7 Å². The van der Waals surface area contributed by atoms with Crippen LogP contribution in [-0.2, 0) is 0 Å². The zero-order valence-corrected chi connectivity index (χ0v) is 18.9. The molecule has 0 saturated carbocycles. The van der Waals surface area contributed by atoms with Crippen LogP contribution >= 0.6 is 11.6 Å². The van der Waals surface area contributed by atoms with Gasteiger partial charge in [-0.15, -0.1) is 0 Å². The van der Waals surface area contributed by atoms with Crippen LogP contribution in [0.2, 0.25) is 5.02 Å². The number of halogens is 1. The summed E-state index contributed by atoms with van der Waals surface area (Å²) >= 11 is 6.06. The van der Waals surface area contributed by atoms with Crippen LogP contribution in [0.5, 0.6) is 0 Å². The third-order valence-corrected chi connectivity index (χ3v) is 6.35. The summed E-state index contributed by atoms with van der Waals surface area (Å²) in [5.74, 6) is 1.29. The molecule has 0 aliphatic carbocycles. The molecule has 1 aliphatic heterocycles. The maximum Gasteiger partial charge on any atom is 0.228 e. The molecule has 170 valence electrons. The van der Waals surface area contributed by atoms with Gasteiger partial charge in [0.2, 0.25) is 5.95 Å². The van der Waals surface area contributed by atoms with Crippen LogP contribution in [0, 0.1) is 6.92 Å². The van der Waals surface area contributed by atoms with E-state index in [1.54, 1.807) is 36.7 Å². The summed E-state index contributed by atoms with van der Waals surface area (Å²) in [6.07, 6.45) is 5.21. The first-order valence-corrected chi connectivity index (χ1v) is 11.0. The largest absolute Gasteiger partial charge is 0.394 e. The SMILES string of the molecule is CCC1(CO)CN1c1ncc(C)c(-n2ccc(C(O)NC(CO)c3cccc(Cl)c3)c2)n1. The minimum Gasteiger partial charge on any atom is -0.394 e. The number of anilines is 1. The zero-order chi connectivity index (χ0) is 22.9. The van der Waals surface area contributed by atoms with Gasteiger partial charge in [0.15, 0.2) is 0 Å². The number of rotatable bonds is 9. The lowest BCUT2D eigenvalue weighted by atomic mass is 10.1. The third-order valence-electron chi connectivity index (χ3n) is 6.12. The van der Waals surface area contributed by atoms with Crippen molar-refractivity contribution < 1.29 is 15.3 Å². The summed E-state index contributed by atoms with van der Waals surface area (Å²) in [4.78, 5) is 11.2. The molecule has 4 N–H and O–H groups in total. The molecular formula is C23H28ClN5O3. The first-order chi connectivity index (χ1) is 15.4. The van der Waals surface area contributed by atoms with E-state index in [9.17, 15) is 15.3 Å². The van der Waals surface area contributed by atoms with Crippen LogP contribution < -0.4 is 10.2 Å². The average molecular weight is 458 g/mol. The lowest BCUT2D eigenvalue weighted by Crippen LogP contribution is -2.28. The lowest BCUT2D eigenvalue weighted by Gasteiger charge is -2.21. The number of aromatic nitrogens is 3. The van der Waals surface area contributed by atoms with Crippen molar-refractivity contribution in [2.24, 2.45) is 0 Å². The van der Waals surface area contributed by atoms with Crippen LogP contribution in [0.4, 0.5) is 5.95 Å². The molecule has 32 heavy (non-hydrogen) atoms. The summed E-state index contributed by atoms with van der Waals surface area (Å²) in [6.45, 7) is 4.58. The number of aliphatic hydroxyl groups excluding tert-OH is 3. The van der Waals surface area contributed by atoms with Crippen LogP contribution in [0.3, 0.4) is 0 Å². The molecule has 0 bridgehead atoms. The predicted octanol–water partition coefficient (Wildman–Crippen LogP) is 2.50. The van der Waals surface area contributed by atoms with E-state index in [0.717, 1.165) is 24.1 Å². The van der Waals surface area contributed by atoms with E-state index in [2.05, 4.69) is 10.3 Å². The fraction of sp³-hybridized carbons (Fsp3) is 0.391. The van der Waals surface area contributed by atoms with Gasteiger partial charge in [0.1, 0.15) is 12.0 Å². The fourth-order valence-electron chi connectivity index (χ4n) is 3.88. The van der Waals surface area contributed by atoms with E-state index in [4.69, 9.17) is 16.6 Å². The van der Waals surface area contributed by atoms with Gasteiger partial charge in [0.05, 0.1) is 24.8 Å². The van der Waals surface area contributed by atoms with Crippen molar-refractivity contribution >= 4 is 17.5 Å². The standard InChI is InChI=1S/C23H28ClN5O3/c1-3-23(14-31)13-29(23)22-25-10-15(2)20(27-22)28-8-7-17(11-28)21(32)26-19(12-30)16-5-4-6-18(24)9-16/h4-11,19,21,26,30-32H,3,12-14H2,1-2H3. The number of aryl methyl sites for hydroxylation is 1. The van der Waals surface area contributed by atoms with Gasteiger partial charge < -0.3 is 24.8 Å². The van der Waals surface area contributed by atoms with Gasteiger partial charge in [-0.25, -0.2) is 4.98 Å². The Morgan fingerprint density at radius 2 is 2.06 bits per heavy atom. The molecule has 3 unspecified atom stereocenters. The Kier molecular flexibility index (Phi) is 6.50. The molecule has 9 heteroatoms. The molecule has 1 aromatic carbocycles. The van der Waals surface area contributed by atoms with Crippen molar-refractivity contribution in [3.8, 4) is 5.82 Å². The predicted molar refractivity (Wildman–Crippen MR) is 123 cm³/mol. The summed E-state index contributed by atoms with van der Waals surface area (Å²) in [7, 11) is 0. The zero-order valence-electron chi connectivity index (χ0n) is 18.1. The molecule has 1 fully saturated rings. The molecule has 3 atom stereocenters. The normalized spacial score (nSPS) is 19.8. The molecule has 0 spiro atoms. The van der Waals surface area contributed by atoms with Crippen LogP contribution in [0.25, 0.3) is 5.82 Å². The van der Waals surface area contributed by atoms with Crippen molar-refractivity contribution in [1.82, 2.24) is 19.9 Å². The van der Waals surface area contributed by atoms with Crippen molar-refractivity contribution in [3.63, 3.8) is 0 Å². The Morgan fingerprint density at radius 3 is 2.72 bits per heavy atom. The monoisotopic (exact) mass is 457 g/mol. The minimum atomic E-state index is -0.997. The second-order valence-corrected chi connectivity index (χ2v) is 8.65. The van der Waals surface area contributed by atoms with Crippen molar-refractivity contribution in [1.29, 1.82) is 0 Å². The second kappa shape index (κ2) is 9.17. The number of benzene rings is 1. The maximum absolute atomic E-state index is 10.7. The number of nitrogens with zero attached hydrogens (tertiary/aromatic N) is 4. The van der Waals surface area contributed by atoms with Crippen LogP contribution in [0.15, 0.2) is 48.9 Å². The quantitative estimate of drug-likeness (QED) is 0.289. The summed E-state index contributed by atoms with van der Waals surface area (Å²) in [5.41, 5.74) is 2.04. The summed E-state index contributed by atoms with van der Waals surface area (Å²) in [5, 5.41) is 33.9. The molecule has 3 heterocycles. The number of hydrogen-bond acceptors (Lipinski definition) is 7. The summed E-state index contributed by atoms with van der Waals surface area (Å²) < 4.78 is 1.84. The number of aliphatic hydroxyl groups is 3. The van der Waals surface area contributed by atoms with Gasteiger partial charge in [-0.05, 0) is 37.1 Å². The minimum absolute atomic E-state index is 0.0697. The Morgan fingerprint density at radius 1 is 1.25 bits per heavy atom. The topological polar surface area (TPSA) is 106 Å². The smallest absolute Gasteiger partial charge is 0.228 e. The number of nitrogens with one attached hydrogen (secondary N) is 1. The van der Waals surface area contributed by atoms with E-state index in [0.29, 0.717) is 22.4 Å². The van der Waals surface area contributed by atoms with Gasteiger partial charge in [0, 0.05) is 41.3 Å². The fourth-order valence-corrected chi connectivity index (χ4v) is 4.08. The molecule has 0 radical (unpaired) electrons. The lowest BCUT2D eigenvalue weighted by molar-refractivity contribution is 0.104. The molecule has 8 nitrogen and oxygen atoms in total. The van der Waals surface area contributed by atoms with E-state index >= 15 is 0 Å². The highest BCUT2D eigenvalue weighted by Gasteiger charge is 2.51. The Bertz CT molecular complexity index is 1080. The van der Waals surface area contributed by atoms with Crippen molar-refractivity contribution in [2.75, 3.05) is 24.7 Å². The van der Waals surface area contributed by atoms with Crippen LogP contribution in [0.1, 0.15) is 42.3 Å². The van der Waals surface area contributed by atoms with E-state index < -0.39 is 12.3 Å². The molecule has 1 saturated heterocycles. The van der Waals surface area contributed by atoms with Gasteiger partial charge >= 0.3 is 0 Å². The Balaban J connectivity index is 1.53. The maximum atomic E-state index is 10.7. The highest BCUT2D eigenvalue weighted by atomic mass is 35.5. The number of hydrogen-bond donors (Lipinski definition) is 4. The first kappa shape index (κ1) is 22.7. The van der Waals surface area contributed by atoms with Crippen molar-refractivity contribution in [3.05, 3.63) is 70.6 Å². The molecular weight excluding hydrogens is 430 g/mol. The van der Waals surface area contributed by atoms with E-state index in [1.165, 1.54) is 0 Å².